The number of benzene rings is 1. The smallest absolute Gasteiger partial charge is 0.162 e. The van der Waals surface area contributed by atoms with E-state index in [1.807, 2.05) is 19.3 Å². The lowest BCUT2D eigenvalue weighted by Gasteiger charge is -2.08. The van der Waals surface area contributed by atoms with Crippen molar-refractivity contribution in [3.05, 3.63) is 41.9 Å². The van der Waals surface area contributed by atoms with Gasteiger partial charge < -0.3 is 4.74 Å². The first-order valence-corrected chi connectivity index (χ1v) is 8.59. The number of nitrogens with zero attached hydrogens (tertiary/aromatic N) is 4. The van der Waals surface area contributed by atoms with E-state index in [4.69, 9.17) is 4.74 Å². The third-order valence-electron chi connectivity index (χ3n) is 3.77. The molecule has 23 heavy (non-hydrogen) atoms. The van der Waals surface area contributed by atoms with Gasteiger partial charge in [-0.15, -0.1) is 11.8 Å². The van der Waals surface area contributed by atoms with Gasteiger partial charge in [0, 0.05) is 12.8 Å². The molecule has 1 aromatic carbocycles. The maximum absolute atomic E-state index is 5.81. The fourth-order valence-corrected chi connectivity index (χ4v) is 3.15. The second-order valence-corrected chi connectivity index (χ2v) is 6.56. The Kier molecular flexibility index (Phi) is 4.81. The van der Waals surface area contributed by atoms with Gasteiger partial charge in [0.15, 0.2) is 5.65 Å². The van der Waals surface area contributed by atoms with Crippen molar-refractivity contribution in [2.45, 2.75) is 25.3 Å². The van der Waals surface area contributed by atoms with Crippen LogP contribution in [0.5, 0.6) is 5.75 Å². The molecule has 0 saturated heterocycles. The van der Waals surface area contributed by atoms with E-state index < -0.39 is 0 Å². The Morgan fingerprint density at radius 2 is 2.04 bits per heavy atom. The average molecular weight is 328 g/mol. The molecule has 0 atom stereocenters. The van der Waals surface area contributed by atoms with E-state index in [0.29, 0.717) is 6.61 Å². The molecule has 0 saturated carbocycles. The van der Waals surface area contributed by atoms with Crippen molar-refractivity contribution in [2.75, 3.05) is 12.4 Å². The number of ether oxygens (including phenoxy) is 1. The first-order valence-electron chi connectivity index (χ1n) is 7.60. The first kappa shape index (κ1) is 15.8. The van der Waals surface area contributed by atoms with E-state index in [1.165, 1.54) is 11.1 Å². The number of thioether (sulfide) groups is 1. The summed E-state index contributed by atoms with van der Waals surface area (Å²) in [5, 5.41) is 6.22. The molecule has 0 aliphatic carbocycles. The third-order valence-corrected chi connectivity index (χ3v) is 4.86. The van der Waals surface area contributed by atoms with Gasteiger partial charge in [-0.1, -0.05) is 6.07 Å². The Morgan fingerprint density at radius 3 is 2.87 bits per heavy atom. The Hall–Kier alpha value is -2.08. The molecule has 0 unspecified atom stereocenters. The second-order valence-electron chi connectivity index (χ2n) is 5.48. The van der Waals surface area contributed by atoms with Gasteiger partial charge in [-0.05, 0) is 43.5 Å². The number of rotatable bonds is 6. The lowest BCUT2D eigenvalue weighted by atomic mass is 10.1. The van der Waals surface area contributed by atoms with Gasteiger partial charge in [-0.2, -0.15) is 5.10 Å². The topological polar surface area (TPSA) is 52.8 Å². The summed E-state index contributed by atoms with van der Waals surface area (Å²) in [6.07, 6.45) is 4.38. The number of aryl methyl sites for hydroxylation is 3. The molecule has 0 N–H and O–H groups in total. The molecule has 0 fully saturated rings. The van der Waals surface area contributed by atoms with E-state index in [0.717, 1.165) is 34.0 Å². The van der Waals surface area contributed by atoms with Crippen molar-refractivity contribution >= 4 is 22.8 Å². The summed E-state index contributed by atoms with van der Waals surface area (Å²) in [7, 11) is 1.89. The van der Waals surface area contributed by atoms with E-state index in [-0.39, 0.29) is 0 Å². The van der Waals surface area contributed by atoms with E-state index in [2.05, 4.69) is 41.0 Å². The molecule has 0 aliphatic rings. The van der Waals surface area contributed by atoms with Crippen molar-refractivity contribution in [3.63, 3.8) is 0 Å². The van der Waals surface area contributed by atoms with Crippen LogP contribution >= 0.6 is 11.8 Å². The molecule has 6 heteroatoms. The van der Waals surface area contributed by atoms with E-state index >= 15 is 0 Å². The van der Waals surface area contributed by atoms with Gasteiger partial charge in [0.05, 0.1) is 18.2 Å². The molecule has 5 nitrogen and oxygen atoms in total. The highest BCUT2D eigenvalue weighted by Crippen LogP contribution is 2.24. The predicted octanol–water partition coefficient (Wildman–Crippen LogP) is 3.54. The average Bonchev–Trinajstić information content (AvgIpc) is 2.93. The fraction of sp³-hybridized carbons (Fsp3) is 0.353. The van der Waals surface area contributed by atoms with Crippen LogP contribution in [0.15, 0.2) is 35.7 Å². The second kappa shape index (κ2) is 7.00. The summed E-state index contributed by atoms with van der Waals surface area (Å²) in [6, 6.07) is 6.21. The van der Waals surface area contributed by atoms with Gasteiger partial charge >= 0.3 is 0 Å². The van der Waals surface area contributed by atoms with Crippen LogP contribution in [0.4, 0.5) is 0 Å². The molecule has 0 bridgehead atoms. The predicted molar refractivity (Wildman–Crippen MR) is 93.1 cm³/mol. The third kappa shape index (κ3) is 3.64. The minimum Gasteiger partial charge on any atom is -0.494 e. The Morgan fingerprint density at radius 1 is 1.17 bits per heavy atom. The Balaban J connectivity index is 1.50. The van der Waals surface area contributed by atoms with Gasteiger partial charge in [0.25, 0.3) is 0 Å². The minimum absolute atomic E-state index is 0.705. The number of aromatic nitrogens is 4. The number of hydrogen-bond donors (Lipinski definition) is 0. The molecule has 3 rings (SSSR count). The van der Waals surface area contributed by atoms with Crippen molar-refractivity contribution in [3.8, 4) is 5.75 Å². The van der Waals surface area contributed by atoms with Crippen LogP contribution < -0.4 is 4.74 Å². The van der Waals surface area contributed by atoms with Gasteiger partial charge in [-0.25, -0.2) is 9.97 Å². The molecule has 2 aromatic heterocycles. The molecule has 0 amide bonds. The molecular formula is C17H20N4OS. The standard InChI is InChI=1S/C17H20N4OS/c1-12-5-6-14(9-13(12)2)22-7-4-8-23-17-15-10-20-21(3)16(15)18-11-19-17/h5-6,9-11H,4,7-8H2,1-3H3. The summed E-state index contributed by atoms with van der Waals surface area (Å²) in [6.45, 7) is 4.92. The van der Waals surface area contributed by atoms with Crippen molar-refractivity contribution in [2.24, 2.45) is 7.05 Å². The highest BCUT2D eigenvalue weighted by atomic mass is 32.2. The van der Waals surface area contributed by atoms with Crippen molar-refractivity contribution in [1.29, 1.82) is 0 Å². The maximum Gasteiger partial charge on any atom is 0.162 e. The normalized spacial score (nSPS) is 11.1. The fourth-order valence-electron chi connectivity index (χ4n) is 2.28. The largest absolute Gasteiger partial charge is 0.494 e. The highest BCUT2D eigenvalue weighted by Gasteiger charge is 2.08. The van der Waals surface area contributed by atoms with E-state index in [9.17, 15) is 0 Å². The van der Waals surface area contributed by atoms with Crippen LogP contribution in [0, 0.1) is 13.8 Å². The quantitative estimate of drug-likeness (QED) is 0.393. The molecular weight excluding hydrogens is 308 g/mol. The summed E-state index contributed by atoms with van der Waals surface area (Å²) >= 11 is 1.72. The van der Waals surface area contributed by atoms with Gasteiger partial charge in [0.2, 0.25) is 0 Å². The Labute approximate surface area is 140 Å². The van der Waals surface area contributed by atoms with Crippen LogP contribution in [0.2, 0.25) is 0 Å². The summed E-state index contributed by atoms with van der Waals surface area (Å²) < 4.78 is 7.58. The monoisotopic (exact) mass is 328 g/mol. The molecule has 3 aromatic rings. The van der Waals surface area contributed by atoms with Crippen LogP contribution in [-0.4, -0.2) is 32.1 Å². The van der Waals surface area contributed by atoms with Gasteiger partial charge in [-0.3, -0.25) is 4.68 Å². The summed E-state index contributed by atoms with van der Waals surface area (Å²) in [5.41, 5.74) is 3.42. The SMILES string of the molecule is Cc1ccc(OCCCSc2ncnc3c2cnn3C)cc1C. The first-order chi connectivity index (χ1) is 11.1. The summed E-state index contributed by atoms with van der Waals surface area (Å²) in [5.74, 6) is 1.89. The summed E-state index contributed by atoms with van der Waals surface area (Å²) in [4.78, 5) is 8.61. The minimum atomic E-state index is 0.705. The number of hydrogen-bond acceptors (Lipinski definition) is 5. The molecule has 0 spiro atoms. The van der Waals surface area contributed by atoms with Crippen LogP contribution in [0.25, 0.3) is 11.0 Å². The maximum atomic E-state index is 5.81. The Bertz CT molecular complexity index is 815. The molecule has 0 radical (unpaired) electrons. The zero-order chi connectivity index (χ0) is 16.2. The molecule has 120 valence electrons. The lowest BCUT2D eigenvalue weighted by molar-refractivity contribution is 0.318. The van der Waals surface area contributed by atoms with Gasteiger partial charge in [0.1, 0.15) is 17.1 Å². The van der Waals surface area contributed by atoms with Crippen LogP contribution in [0.1, 0.15) is 17.5 Å². The zero-order valence-corrected chi connectivity index (χ0v) is 14.4. The van der Waals surface area contributed by atoms with E-state index in [1.54, 1.807) is 22.8 Å². The number of fused-ring (bicyclic) bond motifs is 1. The molecule has 0 aliphatic heterocycles. The van der Waals surface area contributed by atoms with Crippen molar-refractivity contribution < 1.29 is 4.74 Å². The molecule has 2 heterocycles. The van der Waals surface area contributed by atoms with Crippen LogP contribution in [0.3, 0.4) is 0 Å². The lowest BCUT2D eigenvalue weighted by Crippen LogP contribution is -1.99. The van der Waals surface area contributed by atoms with Crippen LogP contribution in [-0.2, 0) is 7.05 Å². The highest BCUT2D eigenvalue weighted by molar-refractivity contribution is 7.99. The van der Waals surface area contributed by atoms with Crippen molar-refractivity contribution in [1.82, 2.24) is 19.7 Å². The zero-order valence-electron chi connectivity index (χ0n) is 13.6.